The molecular formula is C11H9ClF4O2. The minimum absolute atomic E-state index is 0.241. The van der Waals surface area contributed by atoms with Crippen molar-refractivity contribution in [3.8, 4) is 0 Å². The van der Waals surface area contributed by atoms with Gasteiger partial charge in [-0.25, -0.2) is 4.39 Å². The Hall–Kier alpha value is -0.850. The summed E-state index contributed by atoms with van der Waals surface area (Å²) in [6.45, 7) is 0.115. The molecule has 2 atom stereocenters. The summed E-state index contributed by atoms with van der Waals surface area (Å²) in [6.07, 6.45) is -7.46. The smallest absolute Gasteiger partial charge is 0.371 e. The van der Waals surface area contributed by atoms with Crippen LogP contribution in [-0.4, -0.2) is 25.5 Å². The number of benzene rings is 1. The number of halogens is 5. The van der Waals surface area contributed by atoms with Crippen LogP contribution in [0.1, 0.15) is 11.7 Å². The van der Waals surface area contributed by atoms with Gasteiger partial charge >= 0.3 is 6.18 Å². The number of alkyl halides is 3. The van der Waals surface area contributed by atoms with Crippen LogP contribution < -0.4 is 0 Å². The lowest BCUT2D eigenvalue weighted by Crippen LogP contribution is -2.26. The second-order valence-corrected chi connectivity index (χ2v) is 4.25. The van der Waals surface area contributed by atoms with E-state index in [0.717, 1.165) is 6.07 Å². The molecule has 0 bridgehead atoms. The number of hydrogen-bond acceptors (Lipinski definition) is 2. The molecule has 2 rings (SSSR count). The van der Waals surface area contributed by atoms with Crippen molar-refractivity contribution < 1.29 is 27.0 Å². The van der Waals surface area contributed by atoms with Crippen molar-refractivity contribution in [1.29, 1.82) is 0 Å². The molecule has 0 amide bonds. The maximum Gasteiger partial charge on any atom is 0.419 e. The average molecular weight is 285 g/mol. The van der Waals surface area contributed by atoms with Gasteiger partial charge in [-0.15, -0.1) is 0 Å². The van der Waals surface area contributed by atoms with Crippen LogP contribution in [0.25, 0.3) is 0 Å². The third kappa shape index (κ3) is 3.13. The Bertz CT molecular complexity index is 411. The number of rotatable bonds is 4. The monoisotopic (exact) mass is 284 g/mol. The first-order valence-corrected chi connectivity index (χ1v) is 5.51. The van der Waals surface area contributed by atoms with E-state index in [2.05, 4.69) is 0 Å². The fourth-order valence-corrected chi connectivity index (χ4v) is 1.73. The predicted octanol–water partition coefficient (Wildman–Crippen LogP) is 3.50. The van der Waals surface area contributed by atoms with E-state index in [1.807, 2.05) is 0 Å². The molecule has 2 nitrogen and oxygen atoms in total. The van der Waals surface area contributed by atoms with Crippen LogP contribution in [0, 0.1) is 5.82 Å². The van der Waals surface area contributed by atoms with E-state index in [4.69, 9.17) is 21.1 Å². The second kappa shape index (κ2) is 5.03. The Morgan fingerprint density at radius 1 is 1.44 bits per heavy atom. The highest BCUT2D eigenvalue weighted by Crippen LogP contribution is 2.40. The van der Waals surface area contributed by atoms with Crippen LogP contribution >= 0.6 is 11.6 Å². The highest BCUT2D eigenvalue weighted by atomic mass is 35.5. The zero-order chi connectivity index (χ0) is 13.3. The molecule has 0 unspecified atom stereocenters. The molecule has 1 saturated heterocycles. The van der Waals surface area contributed by atoms with E-state index in [1.54, 1.807) is 0 Å². The number of hydrogen-bond donors (Lipinski definition) is 0. The van der Waals surface area contributed by atoms with Gasteiger partial charge < -0.3 is 9.47 Å². The normalized spacial score (nSPS) is 20.8. The summed E-state index contributed by atoms with van der Waals surface area (Å²) in [5.41, 5.74) is -0.688. The molecule has 1 aromatic carbocycles. The largest absolute Gasteiger partial charge is 0.419 e. The third-order valence-electron chi connectivity index (χ3n) is 2.41. The second-order valence-electron chi connectivity index (χ2n) is 3.85. The van der Waals surface area contributed by atoms with Crippen LogP contribution in [0.4, 0.5) is 17.6 Å². The van der Waals surface area contributed by atoms with Crippen LogP contribution in [-0.2, 0) is 9.47 Å². The van der Waals surface area contributed by atoms with Gasteiger partial charge in [-0.1, -0.05) is 17.7 Å². The van der Waals surface area contributed by atoms with E-state index in [9.17, 15) is 17.6 Å². The molecule has 18 heavy (non-hydrogen) atoms. The standard InChI is InChI=1S/C11H9ClF4O2/c12-7-2-1-3-8(13)9(7)10(11(14,15)16)18-5-6-4-17-6/h1-3,6,10H,4-5H2/t6-,10+/m0/s1. The third-order valence-corrected chi connectivity index (χ3v) is 2.74. The summed E-state index contributed by atoms with van der Waals surface area (Å²) in [7, 11) is 0. The van der Waals surface area contributed by atoms with Gasteiger partial charge in [0.25, 0.3) is 0 Å². The lowest BCUT2D eigenvalue weighted by molar-refractivity contribution is -0.225. The van der Waals surface area contributed by atoms with Gasteiger partial charge in [0.1, 0.15) is 11.9 Å². The summed E-state index contributed by atoms with van der Waals surface area (Å²) in [6, 6.07) is 3.34. The number of ether oxygens (including phenoxy) is 2. The molecule has 0 spiro atoms. The van der Waals surface area contributed by atoms with Crippen LogP contribution in [0.2, 0.25) is 5.02 Å². The highest BCUT2D eigenvalue weighted by Gasteiger charge is 2.45. The van der Waals surface area contributed by atoms with E-state index in [-0.39, 0.29) is 17.7 Å². The molecule has 0 aromatic heterocycles. The molecule has 1 aliphatic heterocycles. The maximum atomic E-state index is 13.5. The minimum Gasteiger partial charge on any atom is -0.371 e. The summed E-state index contributed by atoms with van der Waals surface area (Å²) < 4.78 is 61.5. The summed E-state index contributed by atoms with van der Waals surface area (Å²) >= 11 is 5.61. The molecule has 0 aliphatic carbocycles. The van der Waals surface area contributed by atoms with Gasteiger partial charge in [-0.2, -0.15) is 13.2 Å². The summed E-state index contributed by atoms with van der Waals surface area (Å²) in [4.78, 5) is 0. The van der Waals surface area contributed by atoms with Crippen LogP contribution in [0.15, 0.2) is 18.2 Å². The fourth-order valence-electron chi connectivity index (χ4n) is 1.47. The van der Waals surface area contributed by atoms with E-state index in [0.29, 0.717) is 6.61 Å². The van der Waals surface area contributed by atoms with E-state index in [1.165, 1.54) is 12.1 Å². The zero-order valence-electron chi connectivity index (χ0n) is 9.01. The Morgan fingerprint density at radius 2 is 2.11 bits per heavy atom. The van der Waals surface area contributed by atoms with E-state index >= 15 is 0 Å². The van der Waals surface area contributed by atoms with Gasteiger partial charge in [-0.05, 0) is 12.1 Å². The topological polar surface area (TPSA) is 21.8 Å². The molecular weight excluding hydrogens is 276 g/mol. The predicted molar refractivity (Wildman–Crippen MR) is 55.9 cm³/mol. The Balaban J connectivity index is 2.26. The van der Waals surface area contributed by atoms with Gasteiger partial charge in [0.15, 0.2) is 6.10 Å². The van der Waals surface area contributed by atoms with Crippen molar-refractivity contribution >= 4 is 11.6 Å². The fraction of sp³-hybridized carbons (Fsp3) is 0.455. The van der Waals surface area contributed by atoms with Crippen molar-refractivity contribution in [2.24, 2.45) is 0 Å². The molecule has 1 fully saturated rings. The Labute approximate surface area is 105 Å². The highest BCUT2D eigenvalue weighted by molar-refractivity contribution is 6.31. The molecule has 100 valence electrons. The first-order chi connectivity index (χ1) is 8.39. The first-order valence-electron chi connectivity index (χ1n) is 5.13. The van der Waals surface area contributed by atoms with Crippen LogP contribution in [0.5, 0.6) is 0 Å². The lowest BCUT2D eigenvalue weighted by Gasteiger charge is -2.22. The van der Waals surface area contributed by atoms with Gasteiger partial charge in [-0.3, -0.25) is 0 Å². The maximum absolute atomic E-state index is 13.5. The summed E-state index contributed by atoms with van der Waals surface area (Å²) in [5, 5.41) is -0.311. The quantitative estimate of drug-likeness (QED) is 0.623. The van der Waals surface area contributed by atoms with Crippen LogP contribution in [0.3, 0.4) is 0 Å². The van der Waals surface area contributed by atoms with Crippen molar-refractivity contribution in [2.45, 2.75) is 18.4 Å². The minimum atomic E-state index is -4.74. The van der Waals surface area contributed by atoms with Gasteiger partial charge in [0.05, 0.1) is 13.2 Å². The molecule has 1 aromatic rings. The molecule has 0 N–H and O–H groups in total. The Morgan fingerprint density at radius 3 is 2.61 bits per heavy atom. The van der Waals surface area contributed by atoms with Gasteiger partial charge in [0.2, 0.25) is 0 Å². The van der Waals surface area contributed by atoms with Crippen molar-refractivity contribution in [2.75, 3.05) is 13.2 Å². The first kappa shape index (κ1) is 13.6. The van der Waals surface area contributed by atoms with Crippen molar-refractivity contribution in [3.05, 3.63) is 34.6 Å². The van der Waals surface area contributed by atoms with Crippen molar-refractivity contribution in [3.63, 3.8) is 0 Å². The average Bonchev–Trinajstić information content (AvgIpc) is 3.04. The molecule has 0 radical (unpaired) electrons. The number of epoxide rings is 1. The molecule has 7 heteroatoms. The zero-order valence-corrected chi connectivity index (χ0v) is 9.76. The summed E-state index contributed by atoms with van der Waals surface area (Å²) in [5.74, 6) is -1.04. The van der Waals surface area contributed by atoms with Crippen molar-refractivity contribution in [1.82, 2.24) is 0 Å². The lowest BCUT2D eigenvalue weighted by atomic mass is 10.1. The van der Waals surface area contributed by atoms with E-state index < -0.39 is 23.7 Å². The molecule has 1 heterocycles. The molecule has 0 saturated carbocycles. The van der Waals surface area contributed by atoms with Gasteiger partial charge in [0, 0.05) is 10.6 Å². The SMILES string of the molecule is Fc1cccc(Cl)c1[C@@H](OC[C@@H]1CO1)C(F)(F)F. The Kier molecular flexibility index (Phi) is 3.79. The molecule has 1 aliphatic rings.